The number of carbonyl (C=O) groups is 2. The fourth-order valence-corrected chi connectivity index (χ4v) is 1.75. The van der Waals surface area contributed by atoms with E-state index in [1.54, 1.807) is 33.1 Å². The first-order chi connectivity index (χ1) is 10.8. The summed E-state index contributed by atoms with van der Waals surface area (Å²) in [7, 11) is 1.56. The number of methoxy groups -OCH3 is 1. The zero-order valence-electron chi connectivity index (χ0n) is 13.6. The van der Waals surface area contributed by atoms with Gasteiger partial charge in [-0.05, 0) is 17.7 Å². The molecule has 0 spiro atoms. The van der Waals surface area contributed by atoms with Crippen molar-refractivity contribution in [3.05, 3.63) is 29.8 Å². The largest absolute Gasteiger partial charge is 0.497 e. The lowest BCUT2D eigenvalue weighted by molar-refractivity contribution is -0.138. The first-order valence-electron chi connectivity index (χ1n) is 7.26. The van der Waals surface area contributed by atoms with Crippen molar-refractivity contribution in [2.45, 2.75) is 26.5 Å². The van der Waals surface area contributed by atoms with Crippen molar-refractivity contribution in [1.29, 1.82) is 0 Å². The Kier molecular flexibility index (Phi) is 6.99. The molecule has 7 nitrogen and oxygen atoms in total. The molecular formula is C16H24N2O5. The fourth-order valence-electron chi connectivity index (χ4n) is 1.75. The average molecular weight is 324 g/mol. The van der Waals surface area contributed by atoms with Gasteiger partial charge in [0.25, 0.3) is 0 Å². The Labute approximate surface area is 135 Å². The average Bonchev–Trinajstić information content (AvgIpc) is 2.57. The van der Waals surface area contributed by atoms with E-state index in [-0.39, 0.29) is 19.1 Å². The van der Waals surface area contributed by atoms with Crippen molar-refractivity contribution >= 4 is 11.8 Å². The van der Waals surface area contributed by atoms with Crippen LogP contribution in [0.15, 0.2) is 24.3 Å². The minimum atomic E-state index is -1.39. The van der Waals surface area contributed by atoms with Crippen molar-refractivity contribution < 1.29 is 24.5 Å². The lowest BCUT2D eigenvalue weighted by atomic mass is 9.87. The Morgan fingerprint density at radius 3 is 2.61 bits per heavy atom. The normalized spacial score (nSPS) is 12.4. The summed E-state index contributed by atoms with van der Waals surface area (Å²) in [5.74, 6) is -0.379. The minimum absolute atomic E-state index is 0.249. The highest BCUT2D eigenvalue weighted by molar-refractivity contribution is 5.87. The van der Waals surface area contributed by atoms with E-state index in [2.05, 4.69) is 10.6 Å². The summed E-state index contributed by atoms with van der Waals surface area (Å²) in [5.41, 5.74) is -0.105. The second kappa shape index (κ2) is 8.50. The molecule has 1 aromatic rings. The molecule has 0 saturated carbocycles. The van der Waals surface area contributed by atoms with Crippen LogP contribution in [0, 0.1) is 5.41 Å². The Morgan fingerprint density at radius 1 is 1.30 bits per heavy atom. The van der Waals surface area contributed by atoms with Crippen LogP contribution in [0.4, 0.5) is 0 Å². The van der Waals surface area contributed by atoms with E-state index in [1.807, 2.05) is 12.1 Å². The van der Waals surface area contributed by atoms with Crippen LogP contribution in [-0.2, 0) is 16.1 Å². The molecule has 2 amide bonds. The van der Waals surface area contributed by atoms with Crippen LogP contribution in [0.3, 0.4) is 0 Å². The number of aliphatic hydroxyl groups excluding tert-OH is 2. The van der Waals surface area contributed by atoms with Crippen molar-refractivity contribution in [3.8, 4) is 5.75 Å². The molecule has 4 N–H and O–H groups in total. The highest BCUT2D eigenvalue weighted by atomic mass is 16.5. The molecule has 0 fully saturated rings. The highest BCUT2D eigenvalue weighted by Crippen LogP contribution is 2.19. The van der Waals surface area contributed by atoms with E-state index in [9.17, 15) is 14.7 Å². The molecule has 0 saturated heterocycles. The van der Waals surface area contributed by atoms with Crippen LogP contribution >= 0.6 is 0 Å². The van der Waals surface area contributed by atoms with Gasteiger partial charge in [-0.3, -0.25) is 9.59 Å². The standard InChI is InChI=1S/C16H24N2O5/c1-16(2,10-19)14(21)15(22)18-9-13(20)17-8-11-5-4-6-12(7-11)23-3/h4-7,14,19,21H,8-10H2,1-3H3,(H,17,20)(H,18,22)/t14-/m0/s1. The molecule has 0 aliphatic rings. The van der Waals surface area contributed by atoms with Gasteiger partial charge in [0.15, 0.2) is 0 Å². The van der Waals surface area contributed by atoms with E-state index in [0.29, 0.717) is 12.3 Å². The molecule has 0 radical (unpaired) electrons. The van der Waals surface area contributed by atoms with Crippen LogP contribution in [0.2, 0.25) is 0 Å². The highest BCUT2D eigenvalue weighted by Gasteiger charge is 2.32. The molecule has 0 aliphatic carbocycles. The summed E-state index contributed by atoms with van der Waals surface area (Å²) in [4.78, 5) is 23.5. The van der Waals surface area contributed by atoms with Gasteiger partial charge in [-0.2, -0.15) is 0 Å². The van der Waals surface area contributed by atoms with Gasteiger partial charge < -0.3 is 25.6 Å². The van der Waals surface area contributed by atoms with Crippen molar-refractivity contribution in [2.24, 2.45) is 5.41 Å². The third-order valence-corrected chi connectivity index (χ3v) is 3.44. The van der Waals surface area contributed by atoms with Crippen molar-refractivity contribution in [2.75, 3.05) is 20.3 Å². The first-order valence-corrected chi connectivity index (χ1v) is 7.26. The molecule has 0 aromatic heterocycles. The van der Waals surface area contributed by atoms with Crippen LogP contribution in [0.5, 0.6) is 5.75 Å². The quantitative estimate of drug-likeness (QED) is 0.530. The number of hydrogen-bond donors (Lipinski definition) is 4. The van der Waals surface area contributed by atoms with Gasteiger partial charge in [-0.15, -0.1) is 0 Å². The maximum atomic E-state index is 11.7. The maximum absolute atomic E-state index is 11.7. The SMILES string of the molecule is COc1cccc(CNC(=O)CNC(=O)[C@H](O)C(C)(C)CO)c1. The van der Waals surface area contributed by atoms with Gasteiger partial charge in [-0.25, -0.2) is 0 Å². The summed E-state index contributed by atoms with van der Waals surface area (Å²) in [6.45, 7) is 2.82. The number of rotatable bonds is 8. The molecule has 1 atom stereocenters. The predicted octanol–water partition coefficient (Wildman–Crippen LogP) is -0.193. The lowest BCUT2D eigenvalue weighted by Gasteiger charge is -2.26. The Balaban J connectivity index is 2.41. The summed E-state index contributed by atoms with van der Waals surface area (Å²) in [5, 5.41) is 23.9. The van der Waals surface area contributed by atoms with E-state index in [1.165, 1.54) is 0 Å². The topological polar surface area (TPSA) is 108 Å². The third kappa shape index (κ3) is 5.88. The Morgan fingerprint density at radius 2 is 2.00 bits per heavy atom. The number of aliphatic hydroxyl groups is 2. The van der Waals surface area contributed by atoms with E-state index in [0.717, 1.165) is 5.56 Å². The predicted molar refractivity (Wildman–Crippen MR) is 84.7 cm³/mol. The van der Waals surface area contributed by atoms with E-state index < -0.39 is 17.4 Å². The number of benzene rings is 1. The van der Waals surface area contributed by atoms with Gasteiger partial charge in [0.1, 0.15) is 11.9 Å². The van der Waals surface area contributed by atoms with Crippen molar-refractivity contribution in [1.82, 2.24) is 10.6 Å². The second-order valence-corrected chi connectivity index (χ2v) is 5.90. The lowest BCUT2D eigenvalue weighted by Crippen LogP contribution is -2.48. The molecule has 23 heavy (non-hydrogen) atoms. The van der Waals surface area contributed by atoms with Crippen molar-refractivity contribution in [3.63, 3.8) is 0 Å². The van der Waals surface area contributed by atoms with Gasteiger partial charge >= 0.3 is 0 Å². The van der Waals surface area contributed by atoms with Gasteiger partial charge in [0.05, 0.1) is 20.3 Å². The second-order valence-electron chi connectivity index (χ2n) is 5.90. The number of hydrogen-bond acceptors (Lipinski definition) is 5. The monoisotopic (exact) mass is 324 g/mol. The molecule has 128 valence electrons. The fraction of sp³-hybridized carbons (Fsp3) is 0.500. The molecule has 0 aliphatic heterocycles. The minimum Gasteiger partial charge on any atom is -0.497 e. The Hall–Kier alpha value is -2.12. The van der Waals surface area contributed by atoms with E-state index >= 15 is 0 Å². The van der Waals surface area contributed by atoms with Gasteiger partial charge in [0.2, 0.25) is 11.8 Å². The van der Waals surface area contributed by atoms with Crippen LogP contribution in [0.1, 0.15) is 19.4 Å². The molecule has 0 heterocycles. The molecule has 7 heteroatoms. The van der Waals surface area contributed by atoms with Crippen LogP contribution < -0.4 is 15.4 Å². The number of ether oxygens (including phenoxy) is 1. The number of nitrogens with one attached hydrogen (secondary N) is 2. The summed E-state index contributed by atoms with van der Waals surface area (Å²) in [6.07, 6.45) is -1.39. The van der Waals surface area contributed by atoms with Gasteiger partial charge in [-0.1, -0.05) is 26.0 Å². The smallest absolute Gasteiger partial charge is 0.249 e. The third-order valence-electron chi connectivity index (χ3n) is 3.44. The summed E-state index contributed by atoms with van der Waals surface area (Å²) in [6, 6.07) is 7.26. The molecule has 0 unspecified atom stereocenters. The summed E-state index contributed by atoms with van der Waals surface area (Å²) < 4.78 is 5.09. The van der Waals surface area contributed by atoms with Crippen LogP contribution in [0.25, 0.3) is 0 Å². The van der Waals surface area contributed by atoms with E-state index in [4.69, 9.17) is 9.84 Å². The first kappa shape index (κ1) is 18.9. The van der Waals surface area contributed by atoms with Crippen LogP contribution in [-0.4, -0.2) is 48.4 Å². The zero-order chi connectivity index (χ0) is 17.5. The molecular weight excluding hydrogens is 300 g/mol. The van der Waals surface area contributed by atoms with Gasteiger partial charge in [0, 0.05) is 12.0 Å². The molecule has 0 bridgehead atoms. The molecule has 1 aromatic carbocycles. The summed E-state index contributed by atoms with van der Waals surface area (Å²) >= 11 is 0. The Bertz CT molecular complexity index is 545. The molecule has 1 rings (SSSR count). The number of amides is 2. The maximum Gasteiger partial charge on any atom is 0.249 e. The number of carbonyl (C=O) groups excluding carboxylic acids is 2. The zero-order valence-corrected chi connectivity index (χ0v) is 13.6.